The zero-order chi connectivity index (χ0) is 0. The van der Waals surface area contributed by atoms with Crippen LogP contribution in [0.1, 0.15) is 0 Å². The van der Waals surface area contributed by atoms with Gasteiger partial charge in [-0.05, 0) is 0 Å². The molecule has 0 N–H and O–H groups in total. The lowest BCUT2D eigenvalue weighted by Crippen LogP contribution is -0.381. The highest BCUT2D eigenvalue weighted by Gasteiger charge is 0.187. The van der Waals surface area contributed by atoms with E-state index in [1.807, 2.05) is 0 Å². The fraction of sp³-hybridized carbons (Fsp3) is 0. The lowest BCUT2D eigenvalue weighted by molar-refractivity contribution is 5.75. The molecule has 0 fully saturated rings. The largest absolute Gasteiger partial charge is 0.187 e. The molecule has 0 nitrogen and oxygen atoms in total. The number of halogens is 4. The zero-order valence-corrected chi connectivity index (χ0v) is 6.24. The molecule has 0 aromatic carbocycles. The normalized spacial score (nSPS) is 0. The van der Waals surface area contributed by atoms with E-state index in [4.69, 9.17) is 0 Å². The van der Waals surface area contributed by atoms with Gasteiger partial charge in [0.25, 0.3) is 0 Å². The SMILES string of the molecule is Cl.Cl.Cl.Cl.[AlH3].[P]. The Hall–Kier alpha value is 2.12. The summed E-state index contributed by atoms with van der Waals surface area (Å²) in [4.78, 5) is 0. The molecule has 0 amide bonds. The average molecular weight is 207 g/mol. The third-order valence-corrected chi connectivity index (χ3v) is 0. The Morgan fingerprint density at radius 3 is 0.500 bits per heavy atom. The molecule has 3 radical (unpaired) electrons. The van der Waals surface area contributed by atoms with Crippen molar-refractivity contribution in [3.8, 4) is 0 Å². The van der Waals surface area contributed by atoms with Crippen LogP contribution in [-0.2, 0) is 0 Å². The summed E-state index contributed by atoms with van der Waals surface area (Å²) >= 11 is 0. The maximum atomic E-state index is 0. The lowest BCUT2D eigenvalue weighted by atomic mass is 27.0. The fourth-order valence-electron chi connectivity index (χ4n) is 0. The Balaban J connectivity index is 0. The van der Waals surface area contributed by atoms with E-state index in [-0.39, 0.29) is 76.9 Å². The molecule has 0 atom stereocenters. The molecule has 6 heavy (non-hydrogen) atoms. The molecule has 0 saturated carbocycles. The third-order valence-electron chi connectivity index (χ3n) is 0. The number of hydrogen-bond donors (Lipinski definition) is 0. The average Bonchev–Trinajstić information content (AvgIpc) is 0. The molecule has 0 aliphatic heterocycles. The van der Waals surface area contributed by atoms with Crippen LogP contribution >= 0.6 is 59.5 Å². The van der Waals surface area contributed by atoms with Crippen molar-refractivity contribution in [1.29, 1.82) is 0 Å². The van der Waals surface area contributed by atoms with E-state index in [2.05, 4.69) is 0 Å². The van der Waals surface area contributed by atoms with Crippen LogP contribution in [0.5, 0.6) is 0 Å². The number of hydrogen-bond acceptors (Lipinski definition) is 0. The highest BCUT2D eigenvalue weighted by Crippen LogP contribution is 0.861. The molecule has 0 aliphatic carbocycles. The Bertz CT molecular complexity index is 7.51. The first-order chi connectivity index (χ1) is 0. The van der Waals surface area contributed by atoms with Crippen LogP contribution in [0.4, 0.5) is 0 Å². The van der Waals surface area contributed by atoms with E-state index in [0.717, 1.165) is 0 Å². The minimum absolute atomic E-state index is 0. The molecular formula is H7AlCl4P. The van der Waals surface area contributed by atoms with E-state index < -0.39 is 0 Å². The summed E-state index contributed by atoms with van der Waals surface area (Å²) in [5, 5.41) is 0. The highest BCUT2D eigenvalue weighted by molar-refractivity contribution is 6.92. The number of rotatable bonds is 0. The third kappa shape index (κ3) is 35.7. The van der Waals surface area contributed by atoms with Gasteiger partial charge in [-0.1, -0.05) is 0 Å². The lowest BCUT2D eigenvalue weighted by Gasteiger charge is -0.148. The van der Waals surface area contributed by atoms with Gasteiger partial charge in [-0.25, -0.2) is 0 Å². The Morgan fingerprint density at radius 2 is 0.500 bits per heavy atom. The van der Waals surface area contributed by atoms with Crippen molar-refractivity contribution >= 4 is 76.9 Å². The van der Waals surface area contributed by atoms with E-state index in [9.17, 15) is 0 Å². The first kappa shape index (κ1) is 91.5. The maximum absolute atomic E-state index is 0. The van der Waals surface area contributed by atoms with Crippen molar-refractivity contribution in [2.45, 2.75) is 0 Å². The van der Waals surface area contributed by atoms with Crippen molar-refractivity contribution in [3.63, 3.8) is 0 Å². The fourth-order valence-corrected chi connectivity index (χ4v) is 0. The van der Waals surface area contributed by atoms with E-state index in [1.54, 1.807) is 0 Å². The predicted octanol–water partition coefficient (Wildman–Crippen LogP) is 1.36. The molecule has 0 aromatic heterocycles. The summed E-state index contributed by atoms with van der Waals surface area (Å²) in [6.07, 6.45) is 0. The van der Waals surface area contributed by atoms with Crippen LogP contribution in [0.25, 0.3) is 0 Å². The molecule has 0 rings (SSSR count). The second-order valence-corrected chi connectivity index (χ2v) is 0. The monoisotopic (exact) mass is 205 g/mol. The zero-order valence-electron chi connectivity index (χ0n) is 2.08. The van der Waals surface area contributed by atoms with Crippen LogP contribution in [0.2, 0.25) is 0 Å². The van der Waals surface area contributed by atoms with Crippen molar-refractivity contribution in [2.75, 3.05) is 0 Å². The smallest absolute Gasteiger partial charge is 0.147 e. The van der Waals surface area contributed by atoms with E-state index in [0.29, 0.717) is 0 Å². The molecule has 0 aromatic rings. The van der Waals surface area contributed by atoms with E-state index >= 15 is 0 Å². The van der Waals surface area contributed by atoms with Gasteiger partial charge in [-0.2, -0.15) is 0 Å². The molecule has 0 heterocycles. The van der Waals surface area contributed by atoms with Gasteiger partial charge < -0.3 is 0 Å². The summed E-state index contributed by atoms with van der Waals surface area (Å²) in [6, 6.07) is 0. The van der Waals surface area contributed by atoms with Crippen molar-refractivity contribution in [2.24, 2.45) is 0 Å². The molecule has 6 heteroatoms. The molecule has 0 spiro atoms. The summed E-state index contributed by atoms with van der Waals surface area (Å²) in [5.41, 5.74) is 0. The van der Waals surface area contributed by atoms with Gasteiger partial charge in [0.05, 0.1) is 0 Å². The summed E-state index contributed by atoms with van der Waals surface area (Å²) in [7, 11) is 0. The molecule has 0 saturated heterocycles. The molecule has 0 bridgehead atoms. The van der Waals surface area contributed by atoms with Gasteiger partial charge in [0.15, 0.2) is 17.4 Å². The summed E-state index contributed by atoms with van der Waals surface area (Å²) in [6.45, 7) is 0. The molecule has 43 valence electrons. The Morgan fingerprint density at radius 1 is 0.500 bits per heavy atom. The minimum atomic E-state index is 0. The Labute approximate surface area is 76.6 Å². The van der Waals surface area contributed by atoms with Crippen molar-refractivity contribution < 1.29 is 0 Å². The summed E-state index contributed by atoms with van der Waals surface area (Å²) < 4.78 is 0. The Kier molecular flexibility index (Phi) is 903. The van der Waals surface area contributed by atoms with Crippen molar-refractivity contribution in [3.05, 3.63) is 0 Å². The topological polar surface area (TPSA) is 0 Å². The minimum Gasteiger partial charge on any atom is -0.147 e. The molecule has 0 aliphatic rings. The quantitative estimate of drug-likeness (QED) is 0.415. The van der Waals surface area contributed by atoms with Crippen LogP contribution in [0.3, 0.4) is 0 Å². The predicted molar refractivity (Wildman–Crippen MR) is 45.9 cm³/mol. The molecule has 0 unspecified atom stereocenters. The standard InChI is InChI=1S/Al.4ClH.P.3H/h;4*1H;;;;. The van der Waals surface area contributed by atoms with Gasteiger partial charge in [0.2, 0.25) is 0 Å². The van der Waals surface area contributed by atoms with Crippen LogP contribution in [0.15, 0.2) is 0 Å². The van der Waals surface area contributed by atoms with Crippen LogP contribution in [-0.4, -0.2) is 17.4 Å². The second kappa shape index (κ2) is 59.3. The van der Waals surface area contributed by atoms with Crippen LogP contribution in [0, 0.1) is 0 Å². The maximum Gasteiger partial charge on any atom is 0.187 e. The van der Waals surface area contributed by atoms with Crippen LogP contribution < -0.4 is 0 Å². The molecular weight excluding hydrogens is 200 g/mol. The second-order valence-electron chi connectivity index (χ2n) is 0. The van der Waals surface area contributed by atoms with Gasteiger partial charge >= 0.3 is 0 Å². The van der Waals surface area contributed by atoms with Gasteiger partial charge in [0.1, 0.15) is 0 Å². The van der Waals surface area contributed by atoms with E-state index in [1.165, 1.54) is 0 Å². The van der Waals surface area contributed by atoms with Gasteiger partial charge in [-0.3, -0.25) is 0 Å². The summed E-state index contributed by atoms with van der Waals surface area (Å²) in [5.74, 6) is 0. The van der Waals surface area contributed by atoms with Crippen molar-refractivity contribution in [1.82, 2.24) is 0 Å². The van der Waals surface area contributed by atoms with Gasteiger partial charge in [0, 0.05) is 9.90 Å². The highest BCUT2D eigenvalue weighted by atomic mass is 35.5. The first-order valence-corrected chi connectivity index (χ1v) is 0. The first-order valence-electron chi connectivity index (χ1n) is 0. The van der Waals surface area contributed by atoms with Gasteiger partial charge in [-0.15, -0.1) is 49.6 Å².